The highest BCUT2D eigenvalue weighted by molar-refractivity contribution is 7.99. The van der Waals surface area contributed by atoms with Crippen molar-refractivity contribution in [1.29, 1.82) is 0 Å². The van der Waals surface area contributed by atoms with Gasteiger partial charge in [0.1, 0.15) is 5.03 Å². The fourth-order valence-corrected chi connectivity index (χ4v) is 2.10. The van der Waals surface area contributed by atoms with Gasteiger partial charge in [-0.25, -0.2) is 9.97 Å². The molecule has 0 atom stereocenters. The summed E-state index contributed by atoms with van der Waals surface area (Å²) in [6, 6.07) is 7.92. The monoisotopic (exact) mass is 219 g/mol. The smallest absolute Gasteiger partial charge is 0.159 e. The van der Waals surface area contributed by atoms with Gasteiger partial charge in [-0.2, -0.15) is 0 Å². The van der Waals surface area contributed by atoms with E-state index < -0.39 is 0 Å². The van der Waals surface area contributed by atoms with Crippen LogP contribution in [0.25, 0.3) is 11.0 Å². The van der Waals surface area contributed by atoms with Crippen LogP contribution >= 0.6 is 11.8 Å². The minimum absolute atomic E-state index is 0.862. The van der Waals surface area contributed by atoms with Crippen LogP contribution in [0.3, 0.4) is 0 Å². The van der Waals surface area contributed by atoms with Gasteiger partial charge in [-0.3, -0.25) is 0 Å². The molecule has 1 aromatic heterocycles. The van der Waals surface area contributed by atoms with E-state index in [2.05, 4.69) is 22.2 Å². The predicted molar refractivity (Wildman–Crippen MR) is 65.5 cm³/mol. The molecule has 1 aromatic carbocycles. The molecule has 0 spiro atoms. The lowest BCUT2D eigenvalue weighted by Gasteiger charge is -2.07. The summed E-state index contributed by atoms with van der Waals surface area (Å²) in [5.41, 5.74) is 1.88. The van der Waals surface area contributed by atoms with Crippen molar-refractivity contribution in [2.45, 2.75) is 11.9 Å². The Morgan fingerprint density at radius 1 is 1.20 bits per heavy atom. The molecule has 4 heteroatoms. The van der Waals surface area contributed by atoms with E-state index in [-0.39, 0.29) is 0 Å². The zero-order chi connectivity index (χ0) is 10.7. The third-order valence-electron chi connectivity index (χ3n) is 2.06. The molecule has 0 amide bonds. The van der Waals surface area contributed by atoms with Crippen LogP contribution in [0.15, 0.2) is 29.3 Å². The molecule has 2 aromatic rings. The summed E-state index contributed by atoms with van der Waals surface area (Å²) in [5.74, 6) is 1.86. The van der Waals surface area contributed by atoms with Gasteiger partial charge in [0, 0.05) is 7.05 Å². The Hall–Kier alpha value is -1.29. The van der Waals surface area contributed by atoms with E-state index in [1.807, 2.05) is 31.3 Å². The standard InChI is InChI=1S/C11H13N3S/c1-3-15-11-10(12-2)13-8-6-4-5-7-9(8)14-11/h4-7H,3H2,1-2H3,(H,12,13). The first kappa shape index (κ1) is 10.2. The minimum atomic E-state index is 0.862. The third-order valence-corrected chi connectivity index (χ3v) is 2.90. The molecule has 78 valence electrons. The molecule has 0 fully saturated rings. The van der Waals surface area contributed by atoms with Gasteiger partial charge in [-0.05, 0) is 17.9 Å². The van der Waals surface area contributed by atoms with Crippen LogP contribution in [0, 0.1) is 0 Å². The average molecular weight is 219 g/mol. The lowest BCUT2D eigenvalue weighted by molar-refractivity contribution is 1.11. The van der Waals surface area contributed by atoms with Crippen molar-refractivity contribution in [3.05, 3.63) is 24.3 Å². The number of thioether (sulfide) groups is 1. The Balaban J connectivity index is 2.58. The van der Waals surface area contributed by atoms with Crippen molar-refractivity contribution in [2.75, 3.05) is 18.1 Å². The topological polar surface area (TPSA) is 37.8 Å². The molecule has 0 aliphatic rings. The number of nitrogens with one attached hydrogen (secondary N) is 1. The van der Waals surface area contributed by atoms with Crippen LogP contribution in [0.5, 0.6) is 0 Å². The highest BCUT2D eigenvalue weighted by Crippen LogP contribution is 2.25. The van der Waals surface area contributed by atoms with Gasteiger partial charge >= 0.3 is 0 Å². The number of benzene rings is 1. The molecular formula is C11H13N3S. The van der Waals surface area contributed by atoms with Crippen LogP contribution in [-0.4, -0.2) is 22.8 Å². The van der Waals surface area contributed by atoms with Crippen molar-refractivity contribution in [1.82, 2.24) is 9.97 Å². The van der Waals surface area contributed by atoms with Crippen molar-refractivity contribution in [3.8, 4) is 0 Å². The summed E-state index contributed by atoms with van der Waals surface area (Å²) in [6.45, 7) is 2.11. The number of para-hydroxylation sites is 2. The number of fused-ring (bicyclic) bond motifs is 1. The number of nitrogens with zero attached hydrogens (tertiary/aromatic N) is 2. The van der Waals surface area contributed by atoms with Crippen LogP contribution in [-0.2, 0) is 0 Å². The fourth-order valence-electron chi connectivity index (χ4n) is 1.38. The van der Waals surface area contributed by atoms with Crippen LogP contribution in [0.1, 0.15) is 6.92 Å². The summed E-state index contributed by atoms with van der Waals surface area (Å²) in [5, 5.41) is 4.05. The zero-order valence-corrected chi connectivity index (χ0v) is 9.64. The Kier molecular flexibility index (Phi) is 3.06. The van der Waals surface area contributed by atoms with Gasteiger partial charge in [0.2, 0.25) is 0 Å². The number of rotatable bonds is 3. The largest absolute Gasteiger partial charge is 0.371 e. The second-order valence-corrected chi connectivity index (χ2v) is 4.30. The third kappa shape index (κ3) is 2.04. The molecule has 3 nitrogen and oxygen atoms in total. The van der Waals surface area contributed by atoms with E-state index in [1.165, 1.54) is 0 Å². The summed E-state index contributed by atoms with van der Waals surface area (Å²) in [4.78, 5) is 9.09. The highest BCUT2D eigenvalue weighted by Gasteiger charge is 2.06. The van der Waals surface area contributed by atoms with Crippen LogP contribution in [0.2, 0.25) is 0 Å². The molecule has 0 saturated heterocycles. The first-order valence-corrected chi connectivity index (χ1v) is 5.91. The predicted octanol–water partition coefficient (Wildman–Crippen LogP) is 2.78. The van der Waals surface area contributed by atoms with E-state index in [4.69, 9.17) is 0 Å². The highest BCUT2D eigenvalue weighted by atomic mass is 32.2. The molecular weight excluding hydrogens is 206 g/mol. The Labute approximate surface area is 93.3 Å². The molecule has 0 unspecified atom stereocenters. The molecule has 1 heterocycles. The molecule has 0 aliphatic heterocycles. The molecule has 1 N–H and O–H groups in total. The van der Waals surface area contributed by atoms with Crippen LogP contribution < -0.4 is 5.32 Å². The normalized spacial score (nSPS) is 10.5. The first-order chi connectivity index (χ1) is 7.35. The first-order valence-electron chi connectivity index (χ1n) is 4.92. The van der Waals surface area contributed by atoms with Gasteiger partial charge in [0.05, 0.1) is 11.0 Å². The molecule has 0 aliphatic carbocycles. The Bertz CT molecular complexity index is 470. The Morgan fingerprint density at radius 3 is 2.47 bits per heavy atom. The number of aromatic nitrogens is 2. The lowest BCUT2D eigenvalue weighted by Crippen LogP contribution is -1.98. The van der Waals surface area contributed by atoms with E-state index >= 15 is 0 Å². The van der Waals surface area contributed by atoms with E-state index in [9.17, 15) is 0 Å². The number of hydrogen-bond acceptors (Lipinski definition) is 4. The summed E-state index contributed by atoms with van der Waals surface area (Å²) in [7, 11) is 1.87. The SMILES string of the molecule is CCSc1nc2ccccc2nc1NC. The van der Waals surface area contributed by atoms with E-state index in [0.717, 1.165) is 27.6 Å². The van der Waals surface area contributed by atoms with Crippen molar-refractivity contribution >= 4 is 28.6 Å². The van der Waals surface area contributed by atoms with Crippen LogP contribution in [0.4, 0.5) is 5.82 Å². The van der Waals surface area contributed by atoms with Gasteiger partial charge in [0.15, 0.2) is 5.82 Å². The summed E-state index contributed by atoms with van der Waals surface area (Å²) >= 11 is 1.71. The fraction of sp³-hybridized carbons (Fsp3) is 0.273. The lowest BCUT2D eigenvalue weighted by atomic mass is 10.3. The Morgan fingerprint density at radius 2 is 1.87 bits per heavy atom. The number of hydrogen-bond donors (Lipinski definition) is 1. The maximum Gasteiger partial charge on any atom is 0.159 e. The maximum absolute atomic E-state index is 4.57. The summed E-state index contributed by atoms with van der Waals surface area (Å²) in [6.07, 6.45) is 0. The summed E-state index contributed by atoms with van der Waals surface area (Å²) < 4.78 is 0. The maximum atomic E-state index is 4.57. The van der Waals surface area contributed by atoms with Crippen molar-refractivity contribution in [2.24, 2.45) is 0 Å². The zero-order valence-electron chi connectivity index (χ0n) is 8.82. The quantitative estimate of drug-likeness (QED) is 0.805. The minimum Gasteiger partial charge on any atom is -0.371 e. The molecule has 15 heavy (non-hydrogen) atoms. The van der Waals surface area contributed by atoms with Gasteiger partial charge in [-0.1, -0.05) is 19.1 Å². The molecule has 0 radical (unpaired) electrons. The van der Waals surface area contributed by atoms with Gasteiger partial charge < -0.3 is 5.32 Å². The van der Waals surface area contributed by atoms with E-state index in [1.54, 1.807) is 11.8 Å². The molecule has 0 saturated carbocycles. The van der Waals surface area contributed by atoms with E-state index in [0.29, 0.717) is 0 Å². The second-order valence-electron chi connectivity index (χ2n) is 3.05. The molecule has 2 rings (SSSR count). The number of anilines is 1. The molecule has 0 bridgehead atoms. The van der Waals surface area contributed by atoms with Gasteiger partial charge in [0.25, 0.3) is 0 Å². The van der Waals surface area contributed by atoms with Crippen molar-refractivity contribution in [3.63, 3.8) is 0 Å². The average Bonchev–Trinajstić information content (AvgIpc) is 2.28. The van der Waals surface area contributed by atoms with Crippen molar-refractivity contribution < 1.29 is 0 Å². The van der Waals surface area contributed by atoms with Gasteiger partial charge in [-0.15, -0.1) is 11.8 Å². The second kappa shape index (κ2) is 4.49.